The van der Waals surface area contributed by atoms with Crippen molar-refractivity contribution >= 4 is 5.96 Å². The minimum absolute atomic E-state index is 0.470. The van der Waals surface area contributed by atoms with Crippen LogP contribution in [-0.4, -0.2) is 22.1 Å². The summed E-state index contributed by atoms with van der Waals surface area (Å²) in [5, 5.41) is 3.10. The molecule has 0 fully saturated rings. The number of benzene rings is 1. The first-order valence-corrected chi connectivity index (χ1v) is 7.23. The van der Waals surface area contributed by atoms with E-state index in [0.717, 1.165) is 18.9 Å². The first-order chi connectivity index (χ1) is 10.1. The van der Waals surface area contributed by atoms with Crippen LogP contribution in [0.4, 0.5) is 0 Å². The molecule has 0 saturated carbocycles. The van der Waals surface area contributed by atoms with Crippen LogP contribution in [0.2, 0.25) is 0 Å². The molecule has 0 bridgehead atoms. The summed E-state index contributed by atoms with van der Waals surface area (Å²) in [6.07, 6.45) is 3.76. The number of imidazole rings is 1. The van der Waals surface area contributed by atoms with Gasteiger partial charge in [-0.2, -0.15) is 0 Å². The lowest BCUT2D eigenvalue weighted by Gasteiger charge is -2.09. The summed E-state index contributed by atoms with van der Waals surface area (Å²) in [7, 11) is 0. The van der Waals surface area contributed by atoms with Crippen LogP contribution in [0.3, 0.4) is 0 Å². The smallest absolute Gasteiger partial charge is 0.189 e. The Bertz CT molecular complexity index is 571. The summed E-state index contributed by atoms with van der Waals surface area (Å²) >= 11 is 0. The molecule has 2 aromatic rings. The molecule has 21 heavy (non-hydrogen) atoms. The molecule has 2 rings (SSSR count). The van der Waals surface area contributed by atoms with Gasteiger partial charge in [-0.1, -0.05) is 44.2 Å². The Kier molecular flexibility index (Phi) is 5.37. The molecule has 0 atom stereocenters. The lowest BCUT2D eigenvalue weighted by Crippen LogP contribution is -2.34. The van der Waals surface area contributed by atoms with E-state index in [2.05, 4.69) is 45.8 Å². The van der Waals surface area contributed by atoms with E-state index in [9.17, 15) is 0 Å². The number of hydrogen-bond donors (Lipinski definition) is 2. The van der Waals surface area contributed by atoms with Crippen LogP contribution < -0.4 is 11.1 Å². The molecular weight excluding hydrogens is 262 g/mol. The van der Waals surface area contributed by atoms with E-state index in [4.69, 9.17) is 5.73 Å². The van der Waals surface area contributed by atoms with Crippen molar-refractivity contribution < 1.29 is 0 Å². The number of aromatic nitrogens is 2. The summed E-state index contributed by atoms with van der Waals surface area (Å²) in [5.41, 5.74) is 7.09. The van der Waals surface area contributed by atoms with E-state index in [1.54, 1.807) is 6.20 Å². The molecule has 112 valence electrons. The molecule has 0 amide bonds. The molecule has 3 N–H and O–H groups in total. The zero-order chi connectivity index (χ0) is 15.1. The van der Waals surface area contributed by atoms with Gasteiger partial charge in [-0.3, -0.25) is 0 Å². The maximum Gasteiger partial charge on any atom is 0.189 e. The lowest BCUT2D eigenvalue weighted by molar-refractivity contribution is 0.621. The molecule has 0 spiro atoms. The Morgan fingerprint density at radius 3 is 2.81 bits per heavy atom. The van der Waals surface area contributed by atoms with Crippen LogP contribution in [0.25, 0.3) is 0 Å². The topological polar surface area (TPSA) is 68.2 Å². The van der Waals surface area contributed by atoms with Crippen molar-refractivity contribution in [1.29, 1.82) is 0 Å². The highest BCUT2D eigenvalue weighted by molar-refractivity contribution is 5.77. The highest BCUT2D eigenvalue weighted by Gasteiger charge is 2.03. The normalized spacial score (nSPS) is 11.9. The minimum atomic E-state index is 0.470. The van der Waals surface area contributed by atoms with Gasteiger partial charge in [0.15, 0.2) is 5.96 Å². The highest BCUT2D eigenvalue weighted by atomic mass is 15.1. The van der Waals surface area contributed by atoms with E-state index >= 15 is 0 Å². The third-order valence-electron chi connectivity index (χ3n) is 3.08. The summed E-state index contributed by atoms with van der Waals surface area (Å²) in [6, 6.07) is 10.3. The Morgan fingerprint density at radius 1 is 1.33 bits per heavy atom. The minimum Gasteiger partial charge on any atom is -0.370 e. The fraction of sp³-hybridized carbons (Fsp3) is 0.375. The third-order valence-corrected chi connectivity index (χ3v) is 3.08. The van der Waals surface area contributed by atoms with E-state index in [0.29, 0.717) is 18.4 Å². The van der Waals surface area contributed by atoms with Gasteiger partial charge in [0.25, 0.3) is 0 Å². The molecule has 0 aliphatic heterocycles. The zero-order valence-electron chi connectivity index (χ0n) is 12.7. The maximum atomic E-state index is 5.84. The third kappa shape index (κ3) is 4.95. The SMILES string of the molecule is CC(C)CNC(N)=NCc1nccn1Cc1ccccc1. The summed E-state index contributed by atoms with van der Waals surface area (Å²) in [4.78, 5) is 8.69. The molecule has 0 aliphatic rings. The van der Waals surface area contributed by atoms with Crippen LogP contribution in [0.5, 0.6) is 0 Å². The average Bonchev–Trinajstić information content (AvgIpc) is 2.91. The number of rotatable bonds is 6. The number of nitrogens with zero attached hydrogens (tertiary/aromatic N) is 3. The van der Waals surface area contributed by atoms with Crippen molar-refractivity contribution in [2.24, 2.45) is 16.6 Å². The van der Waals surface area contributed by atoms with Crippen molar-refractivity contribution in [2.75, 3.05) is 6.54 Å². The largest absolute Gasteiger partial charge is 0.370 e. The molecule has 1 aromatic heterocycles. The molecule has 5 heteroatoms. The first kappa shape index (κ1) is 15.1. The second-order valence-electron chi connectivity index (χ2n) is 5.43. The van der Waals surface area contributed by atoms with Crippen molar-refractivity contribution in [2.45, 2.75) is 26.9 Å². The molecule has 0 unspecified atom stereocenters. The van der Waals surface area contributed by atoms with Crippen LogP contribution >= 0.6 is 0 Å². The van der Waals surface area contributed by atoms with Crippen LogP contribution in [0.15, 0.2) is 47.7 Å². The van der Waals surface area contributed by atoms with Crippen LogP contribution in [0.1, 0.15) is 25.2 Å². The van der Waals surface area contributed by atoms with E-state index in [1.165, 1.54) is 5.56 Å². The zero-order valence-corrected chi connectivity index (χ0v) is 12.7. The van der Waals surface area contributed by atoms with Crippen molar-refractivity contribution in [3.8, 4) is 0 Å². The maximum absolute atomic E-state index is 5.84. The van der Waals surface area contributed by atoms with Gasteiger partial charge < -0.3 is 15.6 Å². The van der Waals surface area contributed by atoms with Crippen molar-refractivity contribution in [3.63, 3.8) is 0 Å². The fourth-order valence-electron chi connectivity index (χ4n) is 1.94. The average molecular weight is 285 g/mol. The Balaban J connectivity index is 1.96. The molecular formula is C16H23N5. The Labute approximate surface area is 125 Å². The van der Waals surface area contributed by atoms with Crippen molar-refractivity contribution in [3.05, 3.63) is 54.1 Å². The second-order valence-corrected chi connectivity index (χ2v) is 5.43. The molecule has 5 nitrogen and oxygen atoms in total. The van der Waals surface area contributed by atoms with Gasteiger partial charge in [-0.25, -0.2) is 9.98 Å². The number of hydrogen-bond acceptors (Lipinski definition) is 2. The highest BCUT2D eigenvalue weighted by Crippen LogP contribution is 2.06. The van der Waals surface area contributed by atoms with Crippen LogP contribution in [0, 0.1) is 5.92 Å². The van der Waals surface area contributed by atoms with Crippen LogP contribution in [-0.2, 0) is 13.1 Å². The van der Waals surface area contributed by atoms with Gasteiger partial charge in [-0.05, 0) is 11.5 Å². The molecule has 0 radical (unpaired) electrons. The summed E-state index contributed by atoms with van der Waals surface area (Å²) < 4.78 is 2.09. The number of aliphatic imine (C=N–C) groups is 1. The predicted octanol–water partition coefficient (Wildman–Crippen LogP) is 1.99. The standard InChI is InChI=1S/C16H23N5/c1-13(2)10-19-16(17)20-11-15-18-8-9-21(15)12-14-6-4-3-5-7-14/h3-9,13H,10-12H2,1-2H3,(H3,17,19,20). The monoisotopic (exact) mass is 285 g/mol. The lowest BCUT2D eigenvalue weighted by atomic mass is 10.2. The van der Waals surface area contributed by atoms with E-state index in [-0.39, 0.29) is 0 Å². The number of nitrogens with two attached hydrogens (primary N) is 1. The van der Waals surface area contributed by atoms with E-state index in [1.807, 2.05) is 24.4 Å². The molecule has 0 saturated heterocycles. The number of guanidine groups is 1. The fourth-order valence-corrected chi connectivity index (χ4v) is 1.94. The van der Waals surface area contributed by atoms with Gasteiger partial charge in [0.05, 0.1) is 0 Å². The predicted molar refractivity (Wildman–Crippen MR) is 85.9 cm³/mol. The molecule has 0 aliphatic carbocycles. The number of nitrogens with one attached hydrogen (secondary N) is 1. The van der Waals surface area contributed by atoms with Gasteiger partial charge in [-0.15, -0.1) is 0 Å². The first-order valence-electron chi connectivity index (χ1n) is 7.23. The van der Waals surface area contributed by atoms with Gasteiger partial charge in [0.1, 0.15) is 12.4 Å². The molecule has 1 aromatic carbocycles. The van der Waals surface area contributed by atoms with Gasteiger partial charge >= 0.3 is 0 Å². The quantitative estimate of drug-likeness (QED) is 0.630. The van der Waals surface area contributed by atoms with Crippen molar-refractivity contribution in [1.82, 2.24) is 14.9 Å². The van der Waals surface area contributed by atoms with Gasteiger partial charge in [0.2, 0.25) is 0 Å². The Hall–Kier alpha value is -2.30. The van der Waals surface area contributed by atoms with E-state index < -0.39 is 0 Å². The second kappa shape index (κ2) is 7.47. The summed E-state index contributed by atoms with van der Waals surface area (Å²) in [6.45, 7) is 6.37. The Morgan fingerprint density at radius 2 is 2.10 bits per heavy atom. The molecule has 1 heterocycles. The summed E-state index contributed by atoms with van der Waals surface area (Å²) in [5.74, 6) is 1.92. The van der Waals surface area contributed by atoms with Gasteiger partial charge in [0, 0.05) is 25.5 Å².